The molecule has 4 heteroatoms. The van der Waals surface area contributed by atoms with Gasteiger partial charge in [0.15, 0.2) is 0 Å². The molecule has 0 fully saturated rings. The first-order valence-electron chi connectivity index (χ1n) is 5.96. The highest BCUT2D eigenvalue weighted by Crippen LogP contribution is 2.03. The highest BCUT2D eigenvalue weighted by atomic mass is 16.5. The Kier molecular flexibility index (Phi) is 6.10. The number of hydrogen-bond donors (Lipinski definition) is 1. The highest BCUT2D eigenvalue weighted by molar-refractivity contribution is 5.92. The SMILES string of the molecule is CCN(CC)CCOC(=O)C1=CC=CNC=C1. The van der Waals surface area contributed by atoms with Crippen molar-refractivity contribution in [2.45, 2.75) is 13.8 Å². The van der Waals surface area contributed by atoms with E-state index >= 15 is 0 Å². The van der Waals surface area contributed by atoms with E-state index in [1.807, 2.05) is 0 Å². The topological polar surface area (TPSA) is 41.6 Å². The molecule has 0 unspecified atom stereocenters. The number of rotatable bonds is 6. The van der Waals surface area contributed by atoms with Crippen LogP contribution in [0.2, 0.25) is 0 Å². The zero-order valence-corrected chi connectivity index (χ0v) is 10.5. The molecule has 0 aromatic carbocycles. The van der Waals surface area contributed by atoms with Gasteiger partial charge in [-0.05, 0) is 31.3 Å². The molecule has 0 bridgehead atoms. The average molecular weight is 236 g/mol. The van der Waals surface area contributed by atoms with Crippen LogP contribution in [0.1, 0.15) is 13.8 Å². The molecule has 0 radical (unpaired) electrons. The fraction of sp³-hybridized carbons (Fsp3) is 0.462. The third kappa shape index (κ3) is 4.87. The van der Waals surface area contributed by atoms with Crippen LogP contribution in [0.15, 0.2) is 36.2 Å². The van der Waals surface area contributed by atoms with Crippen LogP contribution in [0.4, 0.5) is 0 Å². The lowest BCUT2D eigenvalue weighted by atomic mass is 10.2. The van der Waals surface area contributed by atoms with E-state index in [1.165, 1.54) is 0 Å². The van der Waals surface area contributed by atoms with Gasteiger partial charge in [0.1, 0.15) is 6.61 Å². The van der Waals surface area contributed by atoms with E-state index < -0.39 is 0 Å². The Morgan fingerprint density at radius 3 is 2.82 bits per heavy atom. The molecule has 94 valence electrons. The molecule has 0 aliphatic carbocycles. The van der Waals surface area contributed by atoms with E-state index in [-0.39, 0.29) is 5.97 Å². The predicted octanol–water partition coefficient (Wildman–Crippen LogP) is 1.43. The summed E-state index contributed by atoms with van der Waals surface area (Å²) in [5, 5.41) is 2.90. The summed E-state index contributed by atoms with van der Waals surface area (Å²) in [4.78, 5) is 13.9. The van der Waals surface area contributed by atoms with Gasteiger partial charge < -0.3 is 15.0 Å². The Morgan fingerprint density at radius 2 is 2.12 bits per heavy atom. The predicted molar refractivity (Wildman–Crippen MR) is 68.2 cm³/mol. The van der Waals surface area contributed by atoms with Crippen LogP contribution >= 0.6 is 0 Å². The first-order valence-corrected chi connectivity index (χ1v) is 5.96. The van der Waals surface area contributed by atoms with Crippen molar-refractivity contribution < 1.29 is 9.53 Å². The van der Waals surface area contributed by atoms with Crippen molar-refractivity contribution in [3.05, 3.63) is 36.2 Å². The van der Waals surface area contributed by atoms with Crippen LogP contribution in [0, 0.1) is 0 Å². The lowest BCUT2D eigenvalue weighted by Crippen LogP contribution is -2.28. The number of hydrogen-bond acceptors (Lipinski definition) is 4. The zero-order valence-electron chi connectivity index (χ0n) is 10.5. The molecule has 17 heavy (non-hydrogen) atoms. The number of carbonyl (C=O) groups is 1. The van der Waals surface area contributed by atoms with Crippen LogP contribution in [-0.2, 0) is 9.53 Å². The summed E-state index contributed by atoms with van der Waals surface area (Å²) in [6.45, 7) is 7.36. The Bertz CT molecular complexity index is 328. The van der Waals surface area contributed by atoms with Gasteiger partial charge in [0.2, 0.25) is 0 Å². The van der Waals surface area contributed by atoms with Crippen molar-refractivity contribution in [2.24, 2.45) is 0 Å². The summed E-state index contributed by atoms with van der Waals surface area (Å²) in [6.07, 6.45) is 8.69. The monoisotopic (exact) mass is 236 g/mol. The Labute approximate surface area is 103 Å². The zero-order chi connectivity index (χ0) is 12.5. The molecule has 0 saturated heterocycles. The number of allylic oxidation sites excluding steroid dienone is 2. The largest absolute Gasteiger partial charge is 0.461 e. The second-order valence-corrected chi connectivity index (χ2v) is 3.64. The summed E-state index contributed by atoms with van der Waals surface area (Å²) in [5.41, 5.74) is 0.561. The van der Waals surface area contributed by atoms with Crippen molar-refractivity contribution in [1.82, 2.24) is 10.2 Å². The van der Waals surface area contributed by atoms with Gasteiger partial charge >= 0.3 is 5.97 Å². The van der Waals surface area contributed by atoms with E-state index in [0.717, 1.165) is 19.6 Å². The number of nitrogens with one attached hydrogen (secondary N) is 1. The van der Waals surface area contributed by atoms with Crippen molar-refractivity contribution in [3.8, 4) is 0 Å². The Morgan fingerprint density at radius 1 is 1.35 bits per heavy atom. The second kappa shape index (κ2) is 7.68. The fourth-order valence-electron chi connectivity index (χ4n) is 1.48. The van der Waals surface area contributed by atoms with Gasteiger partial charge in [-0.15, -0.1) is 0 Å². The van der Waals surface area contributed by atoms with E-state index in [9.17, 15) is 4.79 Å². The molecular weight excluding hydrogens is 216 g/mol. The van der Waals surface area contributed by atoms with Gasteiger partial charge in [0.05, 0.1) is 5.57 Å². The number of carbonyl (C=O) groups excluding carboxylic acids is 1. The Balaban J connectivity index is 2.34. The van der Waals surface area contributed by atoms with Gasteiger partial charge in [-0.3, -0.25) is 0 Å². The van der Waals surface area contributed by atoms with E-state index in [0.29, 0.717) is 12.2 Å². The summed E-state index contributed by atoms with van der Waals surface area (Å²) < 4.78 is 5.21. The van der Waals surface area contributed by atoms with Crippen molar-refractivity contribution in [2.75, 3.05) is 26.2 Å². The molecule has 1 rings (SSSR count). The maximum absolute atomic E-state index is 11.7. The number of nitrogens with zero attached hydrogens (tertiary/aromatic N) is 1. The molecule has 1 aliphatic heterocycles. The van der Waals surface area contributed by atoms with Gasteiger partial charge in [0, 0.05) is 18.9 Å². The van der Waals surface area contributed by atoms with Gasteiger partial charge in [0.25, 0.3) is 0 Å². The van der Waals surface area contributed by atoms with Crippen molar-refractivity contribution in [3.63, 3.8) is 0 Å². The summed E-state index contributed by atoms with van der Waals surface area (Å²) >= 11 is 0. The van der Waals surface area contributed by atoms with Crippen LogP contribution in [-0.4, -0.2) is 37.1 Å². The van der Waals surface area contributed by atoms with E-state index in [2.05, 4.69) is 24.1 Å². The van der Waals surface area contributed by atoms with Gasteiger partial charge in [-0.25, -0.2) is 4.79 Å². The average Bonchev–Trinajstić information content (AvgIpc) is 2.63. The van der Waals surface area contributed by atoms with Gasteiger partial charge in [-0.1, -0.05) is 13.8 Å². The maximum Gasteiger partial charge on any atom is 0.338 e. The van der Waals surface area contributed by atoms with Gasteiger partial charge in [-0.2, -0.15) is 0 Å². The smallest absolute Gasteiger partial charge is 0.338 e. The summed E-state index contributed by atoms with van der Waals surface area (Å²) in [5.74, 6) is -0.276. The summed E-state index contributed by atoms with van der Waals surface area (Å²) in [7, 11) is 0. The third-order valence-corrected chi connectivity index (χ3v) is 2.60. The first-order chi connectivity index (χ1) is 8.27. The summed E-state index contributed by atoms with van der Waals surface area (Å²) in [6, 6.07) is 0. The molecule has 0 aromatic heterocycles. The minimum absolute atomic E-state index is 0.276. The molecule has 0 amide bonds. The quantitative estimate of drug-likeness (QED) is 0.708. The minimum atomic E-state index is -0.276. The lowest BCUT2D eigenvalue weighted by molar-refractivity contribution is -0.139. The molecule has 0 saturated carbocycles. The number of esters is 1. The molecule has 0 atom stereocenters. The van der Waals surface area contributed by atoms with E-state index in [1.54, 1.807) is 30.6 Å². The molecule has 1 heterocycles. The normalized spacial score (nSPS) is 14.2. The number of ether oxygens (including phenoxy) is 1. The molecular formula is C13H20N2O2. The van der Waals surface area contributed by atoms with Crippen LogP contribution in [0.3, 0.4) is 0 Å². The lowest BCUT2D eigenvalue weighted by Gasteiger charge is -2.17. The highest BCUT2D eigenvalue weighted by Gasteiger charge is 2.08. The second-order valence-electron chi connectivity index (χ2n) is 3.64. The third-order valence-electron chi connectivity index (χ3n) is 2.60. The van der Waals surface area contributed by atoms with E-state index in [4.69, 9.17) is 4.74 Å². The number of likely N-dealkylation sites (N-methyl/N-ethyl adjacent to an activating group) is 1. The standard InChI is InChI=1S/C13H20N2O2/c1-3-15(4-2)10-11-17-13(16)12-6-5-8-14-9-7-12/h5-9,14H,3-4,10-11H2,1-2H3. The molecule has 4 nitrogen and oxygen atoms in total. The minimum Gasteiger partial charge on any atom is -0.461 e. The van der Waals surface area contributed by atoms with Crippen molar-refractivity contribution in [1.29, 1.82) is 0 Å². The maximum atomic E-state index is 11.7. The van der Waals surface area contributed by atoms with Crippen LogP contribution in [0.25, 0.3) is 0 Å². The van der Waals surface area contributed by atoms with Crippen LogP contribution < -0.4 is 5.32 Å². The molecule has 1 aliphatic rings. The van der Waals surface area contributed by atoms with Crippen LogP contribution in [0.5, 0.6) is 0 Å². The fourth-order valence-corrected chi connectivity index (χ4v) is 1.48. The molecule has 1 N–H and O–H groups in total. The van der Waals surface area contributed by atoms with Crippen molar-refractivity contribution >= 4 is 5.97 Å². The molecule has 0 spiro atoms. The Hall–Kier alpha value is -1.55. The molecule has 0 aromatic rings. The first kappa shape index (κ1) is 13.5.